The Balaban J connectivity index is 0.000000747. The zero-order valence-corrected chi connectivity index (χ0v) is 20.8. The van der Waals surface area contributed by atoms with Crippen molar-refractivity contribution in [1.29, 1.82) is 0 Å². The maximum atomic E-state index is 14.0. The third-order valence-electron chi connectivity index (χ3n) is 5.45. The van der Waals surface area contributed by atoms with E-state index in [-0.39, 0.29) is 35.9 Å². The Hall–Kier alpha value is -3.40. The molecule has 4 aromatic rings. The maximum absolute atomic E-state index is 14.0. The quantitative estimate of drug-likeness (QED) is 0.335. The first kappa shape index (κ1) is 26.7. The van der Waals surface area contributed by atoms with Gasteiger partial charge in [0, 0.05) is 36.6 Å². The first-order valence-electron chi connectivity index (χ1n) is 11.4. The summed E-state index contributed by atoms with van der Waals surface area (Å²) >= 11 is 5.87. The van der Waals surface area contributed by atoms with E-state index in [1.54, 1.807) is 32.3 Å². The molecule has 3 heterocycles. The van der Waals surface area contributed by atoms with Crippen LogP contribution in [0.25, 0.3) is 22.1 Å². The predicted molar refractivity (Wildman–Crippen MR) is 134 cm³/mol. The molecule has 5 rings (SSSR count). The van der Waals surface area contributed by atoms with Crippen molar-refractivity contribution in [3.8, 4) is 16.9 Å². The van der Waals surface area contributed by atoms with Crippen molar-refractivity contribution in [2.45, 2.75) is 39.2 Å². The van der Waals surface area contributed by atoms with Gasteiger partial charge in [0.15, 0.2) is 0 Å². The molecule has 1 aliphatic heterocycles. The maximum Gasteiger partial charge on any atom is 0.450 e. The highest BCUT2D eigenvalue weighted by Crippen LogP contribution is 2.40. The van der Waals surface area contributed by atoms with Crippen LogP contribution in [0.5, 0.6) is 5.75 Å². The van der Waals surface area contributed by atoms with Crippen LogP contribution >= 0.6 is 11.6 Å². The number of rotatable bonds is 3. The Bertz CT molecular complexity index is 1440. The number of ether oxygens (including phenoxy) is 1. The fraction of sp³-hybridized carbons (Fsp3) is 0.259. The van der Waals surface area contributed by atoms with Crippen LogP contribution in [-0.4, -0.2) is 27.8 Å². The van der Waals surface area contributed by atoms with E-state index in [1.165, 1.54) is 30.3 Å². The lowest BCUT2D eigenvalue weighted by Crippen LogP contribution is -2.32. The van der Waals surface area contributed by atoms with E-state index in [1.807, 2.05) is 17.0 Å². The molecule has 0 fully saturated rings. The van der Waals surface area contributed by atoms with Gasteiger partial charge in [-0.05, 0) is 61.4 Å². The Morgan fingerprint density at radius 3 is 2.35 bits per heavy atom. The van der Waals surface area contributed by atoms with Gasteiger partial charge in [-0.15, -0.1) is 0 Å². The molecule has 0 unspecified atom stereocenters. The van der Waals surface area contributed by atoms with E-state index in [4.69, 9.17) is 25.9 Å². The van der Waals surface area contributed by atoms with Crippen LogP contribution in [-0.2, 0) is 19.3 Å². The van der Waals surface area contributed by atoms with Crippen LogP contribution in [0.2, 0.25) is 5.02 Å². The zero-order valence-electron chi connectivity index (χ0n) is 20.1. The highest BCUT2D eigenvalue weighted by Gasteiger charge is 2.40. The molecule has 0 atom stereocenters. The van der Waals surface area contributed by atoms with Gasteiger partial charge in [0.25, 0.3) is 0 Å². The van der Waals surface area contributed by atoms with Gasteiger partial charge in [0.2, 0.25) is 11.2 Å². The fourth-order valence-corrected chi connectivity index (χ4v) is 4.06. The van der Waals surface area contributed by atoms with Crippen molar-refractivity contribution in [1.82, 2.24) is 9.88 Å². The van der Waals surface area contributed by atoms with Crippen LogP contribution in [0.15, 0.2) is 70.1 Å². The minimum Gasteiger partial charge on any atom is -0.478 e. The number of benzene rings is 2. The van der Waals surface area contributed by atoms with Crippen LogP contribution in [0.4, 0.5) is 13.2 Å². The minimum atomic E-state index is -4.88. The third kappa shape index (κ3) is 6.12. The van der Waals surface area contributed by atoms with Crippen LogP contribution in [0.3, 0.4) is 0 Å². The molecular formula is C27H24ClF3N2O4. The van der Waals surface area contributed by atoms with Crippen molar-refractivity contribution in [3.05, 3.63) is 93.1 Å². The lowest BCUT2D eigenvalue weighted by molar-refractivity contribution is -0.152. The zero-order chi connectivity index (χ0) is 26.7. The molecule has 10 heteroatoms. The normalized spacial score (nSPS) is 13.6. The SMILES string of the molecule is CC(C)O.O=c1c(-c2ccc(Cl)cc2)c(C(F)(F)F)oc2c3c(ccc12)OCN(Cc1ccncc1)C3. The van der Waals surface area contributed by atoms with E-state index in [0.29, 0.717) is 22.9 Å². The summed E-state index contributed by atoms with van der Waals surface area (Å²) in [6, 6.07) is 12.3. The average Bonchev–Trinajstić information content (AvgIpc) is 2.84. The number of hydrogen-bond donors (Lipinski definition) is 1. The first-order valence-corrected chi connectivity index (χ1v) is 11.8. The molecule has 0 saturated carbocycles. The molecule has 0 saturated heterocycles. The molecule has 6 nitrogen and oxygen atoms in total. The summed E-state index contributed by atoms with van der Waals surface area (Å²) in [5.74, 6) is -0.953. The molecule has 0 amide bonds. The van der Waals surface area contributed by atoms with Gasteiger partial charge in [-0.3, -0.25) is 14.7 Å². The van der Waals surface area contributed by atoms with Gasteiger partial charge >= 0.3 is 6.18 Å². The molecule has 0 radical (unpaired) electrons. The Labute approximate surface area is 215 Å². The molecule has 194 valence electrons. The van der Waals surface area contributed by atoms with Crippen LogP contribution in [0, 0.1) is 0 Å². The van der Waals surface area contributed by atoms with E-state index >= 15 is 0 Å². The number of aliphatic hydroxyl groups excluding tert-OH is 1. The Morgan fingerprint density at radius 1 is 1.08 bits per heavy atom. The molecule has 2 aromatic heterocycles. The second-order valence-electron chi connectivity index (χ2n) is 8.77. The average molecular weight is 533 g/mol. The van der Waals surface area contributed by atoms with Crippen molar-refractivity contribution < 1.29 is 27.4 Å². The predicted octanol–water partition coefficient (Wildman–Crippen LogP) is 6.27. The van der Waals surface area contributed by atoms with Crippen LogP contribution < -0.4 is 10.2 Å². The number of pyridine rings is 1. The van der Waals surface area contributed by atoms with Gasteiger partial charge in [-0.2, -0.15) is 13.2 Å². The molecule has 1 N–H and O–H groups in total. The van der Waals surface area contributed by atoms with E-state index < -0.39 is 22.9 Å². The standard InChI is InChI=1S/C24H16ClF3N2O3.C3H8O/c25-16-3-1-15(2-4-16)20-21(31)17-5-6-19-18(22(17)33-23(20)24(26,27)28)12-30(13-32-19)11-14-7-9-29-10-8-14;1-3(2)4/h1-10H,11-13H2;3-4H,1-2H3. The first-order chi connectivity index (χ1) is 17.5. The lowest BCUT2D eigenvalue weighted by Gasteiger charge is -2.29. The van der Waals surface area contributed by atoms with Crippen molar-refractivity contribution >= 4 is 22.6 Å². The molecular weight excluding hydrogens is 509 g/mol. The number of fused-ring (bicyclic) bond motifs is 3. The highest BCUT2D eigenvalue weighted by atomic mass is 35.5. The minimum absolute atomic E-state index is 0.0565. The third-order valence-corrected chi connectivity index (χ3v) is 5.70. The number of aliphatic hydroxyl groups is 1. The summed E-state index contributed by atoms with van der Waals surface area (Å²) in [5.41, 5.74) is 0.0207. The largest absolute Gasteiger partial charge is 0.478 e. The summed E-state index contributed by atoms with van der Waals surface area (Å²) in [6.45, 7) is 4.45. The molecule has 0 spiro atoms. The van der Waals surface area contributed by atoms with Gasteiger partial charge in [-0.25, -0.2) is 0 Å². The second-order valence-corrected chi connectivity index (χ2v) is 9.21. The van der Waals surface area contributed by atoms with Gasteiger partial charge in [-0.1, -0.05) is 23.7 Å². The number of aromatic nitrogens is 1. The van der Waals surface area contributed by atoms with Gasteiger partial charge in [0.1, 0.15) is 18.1 Å². The summed E-state index contributed by atoms with van der Waals surface area (Å²) in [6.07, 6.45) is -1.72. The summed E-state index contributed by atoms with van der Waals surface area (Å²) < 4.78 is 53.2. The molecule has 2 aromatic carbocycles. The number of nitrogens with zero attached hydrogens (tertiary/aromatic N) is 2. The molecule has 0 aliphatic carbocycles. The van der Waals surface area contributed by atoms with Crippen LogP contribution in [0.1, 0.15) is 30.7 Å². The lowest BCUT2D eigenvalue weighted by atomic mass is 10.00. The van der Waals surface area contributed by atoms with Gasteiger partial charge in [0.05, 0.1) is 16.5 Å². The number of hydrogen-bond acceptors (Lipinski definition) is 6. The van der Waals surface area contributed by atoms with Gasteiger partial charge < -0.3 is 14.3 Å². The highest BCUT2D eigenvalue weighted by molar-refractivity contribution is 6.30. The summed E-state index contributed by atoms with van der Waals surface area (Å²) in [7, 11) is 0. The second kappa shape index (κ2) is 10.9. The number of halogens is 4. The molecule has 1 aliphatic rings. The van der Waals surface area contributed by atoms with E-state index in [0.717, 1.165) is 5.56 Å². The van der Waals surface area contributed by atoms with Crippen molar-refractivity contribution in [3.63, 3.8) is 0 Å². The molecule has 37 heavy (non-hydrogen) atoms. The monoisotopic (exact) mass is 532 g/mol. The fourth-order valence-electron chi connectivity index (χ4n) is 3.94. The van der Waals surface area contributed by atoms with E-state index in [2.05, 4.69) is 4.98 Å². The topological polar surface area (TPSA) is 75.8 Å². The smallest absolute Gasteiger partial charge is 0.450 e. The Kier molecular flexibility index (Phi) is 7.87. The van der Waals surface area contributed by atoms with Crippen molar-refractivity contribution in [2.24, 2.45) is 0 Å². The van der Waals surface area contributed by atoms with E-state index in [9.17, 15) is 18.0 Å². The molecule has 0 bridgehead atoms. The summed E-state index contributed by atoms with van der Waals surface area (Å²) in [4.78, 5) is 19.2. The van der Waals surface area contributed by atoms with Crippen molar-refractivity contribution in [2.75, 3.05) is 6.73 Å². The number of alkyl halides is 3. The Morgan fingerprint density at radius 2 is 1.73 bits per heavy atom. The summed E-state index contributed by atoms with van der Waals surface area (Å²) in [5, 5.41) is 8.46.